The molecule has 0 saturated heterocycles. The van der Waals surface area contributed by atoms with Crippen LogP contribution in [0.3, 0.4) is 0 Å². The molecule has 0 bridgehead atoms. The Morgan fingerprint density at radius 3 is 2.80 bits per heavy atom. The first kappa shape index (κ1) is 18.4. The Hall–Kier alpha value is -3.68. The quantitative estimate of drug-likeness (QED) is 0.700. The van der Waals surface area contributed by atoms with E-state index in [0.717, 1.165) is 28.2 Å². The molecule has 0 spiro atoms. The van der Waals surface area contributed by atoms with Crippen LogP contribution in [-0.2, 0) is 11.3 Å². The predicted octanol–water partition coefficient (Wildman–Crippen LogP) is 3.15. The Bertz CT molecular complexity index is 1120. The smallest absolute Gasteiger partial charge is 0.231 e. The van der Waals surface area contributed by atoms with Gasteiger partial charge in [-0.3, -0.25) is 4.79 Å². The SMILES string of the molecule is COc1ccc(OC)c([C@@H]2CC(=O)Nc3c2cnn3Cc2ccc3c(c2)OCO3)c1. The molecule has 0 aliphatic carbocycles. The largest absolute Gasteiger partial charge is 0.497 e. The molecule has 2 aliphatic rings. The topological polar surface area (TPSA) is 83.8 Å². The Morgan fingerprint density at radius 2 is 1.97 bits per heavy atom. The van der Waals surface area contributed by atoms with Gasteiger partial charge in [0, 0.05) is 23.5 Å². The highest BCUT2D eigenvalue weighted by molar-refractivity contribution is 5.94. The van der Waals surface area contributed by atoms with E-state index in [0.29, 0.717) is 30.3 Å². The molecule has 2 aromatic carbocycles. The number of rotatable bonds is 5. The number of fused-ring (bicyclic) bond motifs is 2. The van der Waals surface area contributed by atoms with Crippen LogP contribution < -0.4 is 24.3 Å². The molecular weight excluding hydrogens is 386 g/mol. The van der Waals surface area contributed by atoms with Crippen LogP contribution in [0.15, 0.2) is 42.6 Å². The maximum Gasteiger partial charge on any atom is 0.231 e. The molecule has 0 saturated carbocycles. The summed E-state index contributed by atoms with van der Waals surface area (Å²) in [6.07, 6.45) is 2.12. The number of hydrogen-bond donors (Lipinski definition) is 1. The molecule has 2 aliphatic heterocycles. The summed E-state index contributed by atoms with van der Waals surface area (Å²) in [6.45, 7) is 0.726. The second kappa shape index (κ2) is 7.29. The molecule has 30 heavy (non-hydrogen) atoms. The molecule has 3 aromatic rings. The van der Waals surface area contributed by atoms with Crippen LogP contribution in [0.4, 0.5) is 5.82 Å². The molecule has 1 aromatic heterocycles. The average molecular weight is 407 g/mol. The van der Waals surface area contributed by atoms with Crippen molar-refractivity contribution in [2.24, 2.45) is 0 Å². The molecule has 8 heteroatoms. The lowest BCUT2D eigenvalue weighted by Crippen LogP contribution is -2.25. The highest BCUT2D eigenvalue weighted by Gasteiger charge is 2.32. The predicted molar refractivity (Wildman–Crippen MR) is 109 cm³/mol. The van der Waals surface area contributed by atoms with Crippen molar-refractivity contribution in [1.82, 2.24) is 9.78 Å². The summed E-state index contributed by atoms with van der Waals surface area (Å²) in [6, 6.07) is 11.4. The van der Waals surface area contributed by atoms with Crippen LogP contribution in [0.2, 0.25) is 0 Å². The van der Waals surface area contributed by atoms with Crippen LogP contribution in [0, 0.1) is 0 Å². The number of ether oxygens (including phenoxy) is 4. The third-order valence-electron chi connectivity index (χ3n) is 5.47. The van der Waals surface area contributed by atoms with E-state index in [-0.39, 0.29) is 18.6 Å². The zero-order chi connectivity index (χ0) is 20.7. The molecule has 1 amide bonds. The molecule has 5 rings (SSSR count). The first-order valence-corrected chi connectivity index (χ1v) is 9.62. The molecule has 0 unspecified atom stereocenters. The number of anilines is 1. The van der Waals surface area contributed by atoms with Gasteiger partial charge in [-0.1, -0.05) is 6.07 Å². The van der Waals surface area contributed by atoms with Crippen molar-refractivity contribution in [2.45, 2.75) is 18.9 Å². The third-order valence-corrected chi connectivity index (χ3v) is 5.47. The van der Waals surface area contributed by atoms with Gasteiger partial charge >= 0.3 is 0 Å². The lowest BCUT2D eigenvalue weighted by molar-refractivity contribution is -0.116. The van der Waals surface area contributed by atoms with E-state index in [1.165, 1.54) is 0 Å². The zero-order valence-electron chi connectivity index (χ0n) is 16.7. The molecule has 1 N–H and O–H groups in total. The maximum absolute atomic E-state index is 12.6. The Labute approximate surface area is 173 Å². The lowest BCUT2D eigenvalue weighted by atomic mass is 9.86. The van der Waals surface area contributed by atoms with Gasteiger partial charge in [-0.2, -0.15) is 5.10 Å². The van der Waals surface area contributed by atoms with Crippen LogP contribution in [-0.4, -0.2) is 36.7 Å². The van der Waals surface area contributed by atoms with Gasteiger partial charge in [0.25, 0.3) is 0 Å². The summed E-state index contributed by atoms with van der Waals surface area (Å²) in [7, 11) is 3.24. The Balaban J connectivity index is 1.51. The normalized spacial score (nSPS) is 16.7. The number of nitrogens with zero attached hydrogens (tertiary/aromatic N) is 2. The van der Waals surface area contributed by atoms with Crippen LogP contribution in [0.5, 0.6) is 23.0 Å². The molecular formula is C22H21N3O5. The highest BCUT2D eigenvalue weighted by atomic mass is 16.7. The summed E-state index contributed by atoms with van der Waals surface area (Å²) in [5, 5.41) is 7.53. The minimum Gasteiger partial charge on any atom is -0.497 e. The van der Waals surface area contributed by atoms with Gasteiger partial charge in [0.2, 0.25) is 12.7 Å². The van der Waals surface area contributed by atoms with Crippen molar-refractivity contribution in [1.29, 1.82) is 0 Å². The van der Waals surface area contributed by atoms with Gasteiger partial charge in [0.1, 0.15) is 17.3 Å². The number of nitrogens with one attached hydrogen (secondary N) is 1. The fraction of sp³-hybridized carbons (Fsp3) is 0.273. The minimum absolute atomic E-state index is 0.0650. The van der Waals surface area contributed by atoms with E-state index in [4.69, 9.17) is 18.9 Å². The summed E-state index contributed by atoms with van der Waals surface area (Å²) < 4.78 is 23.6. The first-order chi connectivity index (χ1) is 14.7. The minimum atomic E-state index is -0.177. The summed E-state index contributed by atoms with van der Waals surface area (Å²) in [5.74, 6) is 3.33. The molecule has 8 nitrogen and oxygen atoms in total. The van der Waals surface area contributed by atoms with Crippen LogP contribution in [0.1, 0.15) is 29.0 Å². The van der Waals surface area contributed by atoms with E-state index >= 15 is 0 Å². The summed E-state index contributed by atoms with van der Waals surface area (Å²) in [4.78, 5) is 12.6. The number of amides is 1. The maximum atomic E-state index is 12.6. The van der Waals surface area contributed by atoms with Crippen molar-refractivity contribution in [3.05, 3.63) is 59.3 Å². The van der Waals surface area contributed by atoms with Gasteiger partial charge in [0.05, 0.1) is 27.0 Å². The van der Waals surface area contributed by atoms with E-state index in [1.54, 1.807) is 18.9 Å². The van der Waals surface area contributed by atoms with Crippen molar-refractivity contribution in [3.8, 4) is 23.0 Å². The first-order valence-electron chi connectivity index (χ1n) is 9.62. The fourth-order valence-corrected chi connectivity index (χ4v) is 3.99. The number of carbonyl (C=O) groups excluding carboxylic acids is 1. The van der Waals surface area contributed by atoms with Gasteiger partial charge < -0.3 is 24.3 Å². The molecule has 1 atom stereocenters. The number of methoxy groups -OCH3 is 2. The third kappa shape index (κ3) is 3.10. The average Bonchev–Trinajstić information content (AvgIpc) is 3.39. The molecule has 154 valence electrons. The molecule has 0 fully saturated rings. The van der Waals surface area contributed by atoms with Gasteiger partial charge in [-0.15, -0.1) is 0 Å². The number of hydrogen-bond acceptors (Lipinski definition) is 6. The second-order valence-electron chi connectivity index (χ2n) is 7.21. The van der Waals surface area contributed by atoms with E-state index < -0.39 is 0 Å². The number of carbonyl (C=O) groups is 1. The fourth-order valence-electron chi connectivity index (χ4n) is 3.99. The monoisotopic (exact) mass is 407 g/mol. The number of benzene rings is 2. The van der Waals surface area contributed by atoms with Crippen LogP contribution >= 0.6 is 0 Å². The lowest BCUT2D eigenvalue weighted by Gasteiger charge is -2.25. The van der Waals surface area contributed by atoms with Crippen molar-refractivity contribution in [3.63, 3.8) is 0 Å². The van der Waals surface area contributed by atoms with E-state index in [1.807, 2.05) is 42.6 Å². The van der Waals surface area contributed by atoms with Crippen molar-refractivity contribution in [2.75, 3.05) is 26.3 Å². The second-order valence-corrected chi connectivity index (χ2v) is 7.21. The van der Waals surface area contributed by atoms with Crippen molar-refractivity contribution < 1.29 is 23.7 Å². The molecule has 3 heterocycles. The zero-order valence-corrected chi connectivity index (χ0v) is 16.7. The van der Waals surface area contributed by atoms with Crippen molar-refractivity contribution >= 4 is 11.7 Å². The van der Waals surface area contributed by atoms with E-state index in [2.05, 4.69) is 10.4 Å². The van der Waals surface area contributed by atoms with Gasteiger partial charge in [-0.25, -0.2) is 4.68 Å². The highest BCUT2D eigenvalue weighted by Crippen LogP contribution is 2.42. The van der Waals surface area contributed by atoms with Gasteiger partial charge in [0.15, 0.2) is 11.5 Å². The summed E-state index contributed by atoms with van der Waals surface area (Å²) >= 11 is 0. The Morgan fingerprint density at radius 1 is 1.10 bits per heavy atom. The van der Waals surface area contributed by atoms with E-state index in [9.17, 15) is 4.79 Å². The Kier molecular flexibility index (Phi) is 4.46. The standard InChI is InChI=1S/C22H21N3O5/c1-27-14-4-6-18(28-2)16(8-14)15-9-21(26)24-22-17(15)10-23-25(22)11-13-3-5-19-20(7-13)30-12-29-19/h3-8,10,15H,9,11-12H2,1-2H3,(H,24,26)/t15-/m0/s1. The van der Waals surface area contributed by atoms with Crippen LogP contribution in [0.25, 0.3) is 0 Å². The summed E-state index contributed by atoms with van der Waals surface area (Å²) in [5.41, 5.74) is 2.85. The molecule has 0 radical (unpaired) electrons. The van der Waals surface area contributed by atoms with Gasteiger partial charge in [-0.05, 0) is 35.9 Å². The number of aromatic nitrogens is 2.